The molecule has 0 aliphatic heterocycles. The number of hydrogen-bond donors (Lipinski definition) is 0. The highest BCUT2D eigenvalue weighted by Crippen LogP contribution is 2.66. The fourth-order valence-electron chi connectivity index (χ4n) is 14.2. The van der Waals surface area contributed by atoms with Crippen LogP contribution in [0.25, 0.3) is 55.6 Å². The number of anilines is 3. The molecule has 398 valence electrons. The summed E-state index contributed by atoms with van der Waals surface area (Å²) in [6.45, 7) is 39.6. The Hall–Kier alpha value is -7.22. The van der Waals surface area contributed by atoms with Gasteiger partial charge >= 0.3 is 0 Å². The zero-order valence-corrected chi connectivity index (χ0v) is 50.3. The molecule has 4 aliphatic carbocycles. The van der Waals surface area contributed by atoms with Crippen molar-refractivity contribution >= 4 is 17.1 Å². The average molecular weight is 1030 g/mol. The van der Waals surface area contributed by atoms with Gasteiger partial charge in [0, 0.05) is 27.9 Å². The summed E-state index contributed by atoms with van der Waals surface area (Å²) in [6, 6.07) is 69.5. The van der Waals surface area contributed by atoms with Crippen LogP contribution in [-0.4, -0.2) is 0 Å². The maximum atomic E-state index is 2.62. The summed E-state index contributed by atoms with van der Waals surface area (Å²) in [4.78, 5) is 2.52. The highest BCUT2D eigenvalue weighted by Gasteiger charge is 2.54. The molecule has 0 saturated heterocycles. The quantitative estimate of drug-likeness (QED) is 0.166. The molecular weight excluding hydrogens is 951 g/mol. The fourth-order valence-corrected chi connectivity index (χ4v) is 14.2. The van der Waals surface area contributed by atoms with Gasteiger partial charge in [0.25, 0.3) is 0 Å². The summed E-state index contributed by atoms with van der Waals surface area (Å²) in [5.41, 5.74) is 32.5. The van der Waals surface area contributed by atoms with E-state index in [0.717, 1.165) is 5.69 Å². The molecule has 0 atom stereocenters. The summed E-state index contributed by atoms with van der Waals surface area (Å²) >= 11 is 0. The van der Waals surface area contributed by atoms with Crippen LogP contribution in [0.4, 0.5) is 17.1 Å². The molecule has 0 bridgehead atoms. The van der Waals surface area contributed by atoms with Crippen LogP contribution in [0.1, 0.15) is 190 Å². The molecule has 0 N–H and O–H groups in total. The molecule has 0 unspecified atom stereocenters. The van der Waals surface area contributed by atoms with E-state index in [-0.39, 0.29) is 27.1 Å². The standard InChI is InChI=1S/C76H75N.C2H6/c1-45(2)47-38-61(70-60-35-28-50(73(9,10)11)42-68(60)76(69(70)39-47)66-40-48(71(3,4)5)26-33-58(66)59-34-27-49(41-67(59)76)72(6,7)8)46-24-29-51(30-25-46)77(52-31-36-56-54-20-16-18-22-62(54)74(12,13)64(56)43-52)53-32-37-57-55-21-17-19-23-63(55)75(14,15)65(57)44-53;1-2/h16-45H,1-15H3;1-2H3. The largest absolute Gasteiger partial charge is 0.310 e. The normalized spacial score (nSPS) is 15.3. The van der Waals surface area contributed by atoms with Gasteiger partial charge in [0.1, 0.15) is 0 Å². The van der Waals surface area contributed by atoms with Gasteiger partial charge in [-0.3, -0.25) is 0 Å². The fraction of sp³-hybridized carbons (Fsp3) is 0.308. The van der Waals surface area contributed by atoms with Gasteiger partial charge in [-0.2, -0.15) is 0 Å². The van der Waals surface area contributed by atoms with Crippen molar-refractivity contribution in [2.45, 2.75) is 156 Å². The first-order valence-corrected chi connectivity index (χ1v) is 29.4. The molecule has 0 amide bonds. The Bertz CT molecular complexity index is 3770. The van der Waals surface area contributed by atoms with Gasteiger partial charge in [-0.25, -0.2) is 0 Å². The molecule has 9 aromatic rings. The van der Waals surface area contributed by atoms with Crippen LogP contribution in [0.2, 0.25) is 0 Å². The lowest BCUT2D eigenvalue weighted by Crippen LogP contribution is -2.28. The molecule has 9 aromatic carbocycles. The highest BCUT2D eigenvalue weighted by molar-refractivity contribution is 6.01. The van der Waals surface area contributed by atoms with Crippen molar-refractivity contribution in [2.24, 2.45) is 0 Å². The summed E-state index contributed by atoms with van der Waals surface area (Å²) in [6.07, 6.45) is 0. The lowest BCUT2D eigenvalue weighted by atomic mass is 9.67. The summed E-state index contributed by atoms with van der Waals surface area (Å²) in [7, 11) is 0. The van der Waals surface area contributed by atoms with Crippen LogP contribution in [0.5, 0.6) is 0 Å². The predicted molar refractivity (Wildman–Crippen MR) is 340 cm³/mol. The minimum atomic E-state index is -0.516. The molecular formula is C78H81N. The van der Waals surface area contributed by atoms with Crippen molar-refractivity contribution in [3.05, 3.63) is 243 Å². The van der Waals surface area contributed by atoms with Crippen molar-refractivity contribution in [1.82, 2.24) is 0 Å². The van der Waals surface area contributed by atoms with E-state index in [1.165, 1.54) is 134 Å². The third-order valence-electron chi connectivity index (χ3n) is 18.7. The Balaban J connectivity index is 0.00000308. The zero-order valence-electron chi connectivity index (χ0n) is 50.3. The molecule has 0 heterocycles. The minimum Gasteiger partial charge on any atom is -0.310 e. The first-order valence-electron chi connectivity index (χ1n) is 29.4. The molecule has 0 aromatic heterocycles. The van der Waals surface area contributed by atoms with Crippen molar-refractivity contribution in [3.8, 4) is 55.6 Å². The van der Waals surface area contributed by atoms with Crippen LogP contribution in [0.15, 0.2) is 176 Å². The van der Waals surface area contributed by atoms with Gasteiger partial charge in [-0.05, 0) is 181 Å². The van der Waals surface area contributed by atoms with Gasteiger partial charge in [0.2, 0.25) is 0 Å². The summed E-state index contributed by atoms with van der Waals surface area (Å²) in [5.74, 6) is 0.312. The first kappa shape index (κ1) is 52.5. The topological polar surface area (TPSA) is 3.24 Å². The van der Waals surface area contributed by atoms with E-state index in [2.05, 4.69) is 285 Å². The van der Waals surface area contributed by atoms with Gasteiger partial charge in [-0.15, -0.1) is 0 Å². The van der Waals surface area contributed by atoms with Crippen LogP contribution >= 0.6 is 0 Å². The molecule has 79 heavy (non-hydrogen) atoms. The SMILES string of the molecule is CC.CC(C)c1cc(-c2ccc(N(c3ccc4c(c3)C(C)(C)c3ccccc3-4)c3ccc4c(c3)C(C)(C)c3ccccc3-4)cc2)c2c(c1)C1(c3cc(C(C)(C)C)ccc3-c3ccc(C(C)(C)C)cc31)c1cc(C(C)(C)C)ccc1-2. The summed E-state index contributed by atoms with van der Waals surface area (Å²) < 4.78 is 0. The molecule has 0 fully saturated rings. The summed E-state index contributed by atoms with van der Waals surface area (Å²) in [5, 5.41) is 0. The van der Waals surface area contributed by atoms with Crippen molar-refractivity contribution in [3.63, 3.8) is 0 Å². The van der Waals surface area contributed by atoms with E-state index in [4.69, 9.17) is 0 Å². The zero-order chi connectivity index (χ0) is 56.1. The second-order valence-corrected chi connectivity index (χ2v) is 27.6. The first-order chi connectivity index (χ1) is 37.4. The average Bonchev–Trinajstić information content (AvgIpc) is 3.32. The molecule has 13 rings (SSSR count). The number of benzene rings is 9. The van der Waals surface area contributed by atoms with Crippen LogP contribution in [0, 0.1) is 0 Å². The maximum absolute atomic E-state index is 2.62. The Morgan fingerprint density at radius 2 is 0.696 bits per heavy atom. The molecule has 0 radical (unpaired) electrons. The van der Waals surface area contributed by atoms with Gasteiger partial charge in [0.15, 0.2) is 0 Å². The lowest BCUT2D eigenvalue weighted by molar-refractivity contribution is 0.584. The molecule has 1 heteroatoms. The Labute approximate surface area is 473 Å². The highest BCUT2D eigenvalue weighted by atomic mass is 15.1. The second-order valence-electron chi connectivity index (χ2n) is 27.6. The van der Waals surface area contributed by atoms with Gasteiger partial charge < -0.3 is 4.90 Å². The lowest BCUT2D eigenvalue weighted by Gasteiger charge is -2.34. The Morgan fingerprint density at radius 1 is 0.329 bits per heavy atom. The predicted octanol–water partition coefficient (Wildman–Crippen LogP) is 21.8. The number of rotatable bonds is 5. The van der Waals surface area contributed by atoms with E-state index in [1.54, 1.807) is 0 Å². The monoisotopic (exact) mass is 1030 g/mol. The second kappa shape index (κ2) is 17.9. The number of fused-ring (bicyclic) bond motifs is 16. The van der Waals surface area contributed by atoms with E-state index in [9.17, 15) is 0 Å². The van der Waals surface area contributed by atoms with E-state index < -0.39 is 5.41 Å². The van der Waals surface area contributed by atoms with Crippen molar-refractivity contribution in [2.75, 3.05) is 4.90 Å². The molecule has 1 nitrogen and oxygen atoms in total. The van der Waals surface area contributed by atoms with Gasteiger partial charge in [0.05, 0.1) is 5.41 Å². The van der Waals surface area contributed by atoms with Crippen molar-refractivity contribution in [1.29, 1.82) is 0 Å². The minimum absolute atomic E-state index is 0.0261. The van der Waals surface area contributed by atoms with Gasteiger partial charge in [-0.1, -0.05) is 257 Å². The Morgan fingerprint density at radius 3 is 1.13 bits per heavy atom. The van der Waals surface area contributed by atoms with Crippen molar-refractivity contribution < 1.29 is 0 Å². The smallest absolute Gasteiger partial charge is 0.0726 e. The molecule has 1 spiro atoms. The maximum Gasteiger partial charge on any atom is 0.0726 e. The molecule has 0 saturated carbocycles. The van der Waals surface area contributed by atoms with E-state index >= 15 is 0 Å². The number of nitrogens with zero attached hydrogens (tertiary/aromatic N) is 1. The van der Waals surface area contributed by atoms with Crippen LogP contribution < -0.4 is 4.90 Å². The Kier molecular flexibility index (Phi) is 11.9. The number of hydrogen-bond acceptors (Lipinski definition) is 1. The third-order valence-corrected chi connectivity index (χ3v) is 18.7. The van der Waals surface area contributed by atoms with Crippen LogP contribution in [-0.2, 0) is 32.5 Å². The van der Waals surface area contributed by atoms with Crippen LogP contribution in [0.3, 0.4) is 0 Å². The van der Waals surface area contributed by atoms with E-state index in [1.807, 2.05) is 13.8 Å². The van der Waals surface area contributed by atoms with E-state index in [0.29, 0.717) is 5.92 Å². The molecule has 4 aliphatic rings. The third kappa shape index (κ3) is 7.76.